The van der Waals surface area contributed by atoms with E-state index in [1.165, 1.54) is 0 Å². The number of alkyl halides is 6. The van der Waals surface area contributed by atoms with Gasteiger partial charge in [0.1, 0.15) is 0 Å². The summed E-state index contributed by atoms with van der Waals surface area (Å²) in [4.78, 5) is 14.1. The molecule has 2 aromatic rings. The van der Waals surface area contributed by atoms with Crippen molar-refractivity contribution in [3.8, 4) is 11.3 Å². The van der Waals surface area contributed by atoms with Gasteiger partial charge in [0.2, 0.25) is 0 Å². The standard InChI is InChI=1S/C14H8F6N2O2/c15-13(16,17)9-3-8(4-10(5-9)14(18,19)20)11-6-22(7-21-11)2-1-12(23)24/h1-7H,(H,23,24). The summed E-state index contributed by atoms with van der Waals surface area (Å²) >= 11 is 0. The molecule has 0 unspecified atom stereocenters. The summed E-state index contributed by atoms with van der Waals surface area (Å²) in [5.74, 6) is -1.27. The lowest BCUT2D eigenvalue weighted by Crippen LogP contribution is -2.11. The number of hydrogen-bond donors (Lipinski definition) is 1. The van der Waals surface area contributed by atoms with E-state index in [-0.39, 0.29) is 17.3 Å². The van der Waals surface area contributed by atoms with Crippen LogP contribution in [0.1, 0.15) is 11.1 Å². The molecule has 2 rings (SSSR count). The highest BCUT2D eigenvalue weighted by atomic mass is 19.4. The van der Waals surface area contributed by atoms with E-state index < -0.39 is 29.4 Å². The number of carbonyl (C=O) groups is 1. The van der Waals surface area contributed by atoms with E-state index in [1.54, 1.807) is 0 Å². The molecule has 24 heavy (non-hydrogen) atoms. The molecule has 128 valence electrons. The molecule has 0 saturated heterocycles. The number of halogens is 6. The normalized spacial score (nSPS) is 12.8. The monoisotopic (exact) mass is 350 g/mol. The van der Waals surface area contributed by atoms with Crippen molar-refractivity contribution in [2.45, 2.75) is 12.4 Å². The molecule has 0 atom stereocenters. The summed E-state index contributed by atoms with van der Waals surface area (Å²) in [6.45, 7) is 0. The quantitative estimate of drug-likeness (QED) is 0.669. The minimum atomic E-state index is -4.96. The van der Waals surface area contributed by atoms with Crippen molar-refractivity contribution < 1.29 is 36.2 Å². The van der Waals surface area contributed by atoms with Crippen molar-refractivity contribution >= 4 is 12.2 Å². The molecule has 1 heterocycles. The van der Waals surface area contributed by atoms with Gasteiger partial charge in [-0.15, -0.1) is 0 Å². The number of aromatic nitrogens is 2. The average molecular weight is 350 g/mol. The zero-order valence-corrected chi connectivity index (χ0v) is 11.6. The fourth-order valence-corrected chi connectivity index (χ4v) is 1.82. The lowest BCUT2D eigenvalue weighted by Gasteiger charge is -2.13. The minimum Gasteiger partial charge on any atom is -0.478 e. The summed E-state index contributed by atoms with van der Waals surface area (Å²) < 4.78 is 77.9. The molecule has 1 aromatic carbocycles. The molecular formula is C14H8F6N2O2. The Bertz CT molecular complexity index is 757. The third-order valence-electron chi connectivity index (χ3n) is 2.87. The van der Waals surface area contributed by atoms with Gasteiger partial charge >= 0.3 is 18.3 Å². The van der Waals surface area contributed by atoms with Crippen LogP contribution in [0.5, 0.6) is 0 Å². The van der Waals surface area contributed by atoms with Gasteiger partial charge < -0.3 is 9.67 Å². The highest BCUT2D eigenvalue weighted by molar-refractivity contribution is 5.83. The molecule has 10 heteroatoms. The molecule has 4 nitrogen and oxygen atoms in total. The van der Waals surface area contributed by atoms with E-state index >= 15 is 0 Å². The van der Waals surface area contributed by atoms with Crippen LogP contribution in [-0.4, -0.2) is 20.6 Å². The van der Waals surface area contributed by atoms with Crippen LogP contribution in [0.3, 0.4) is 0 Å². The Kier molecular flexibility index (Phi) is 4.41. The first-order chi connectivity index (χ1) is 11.0. The van der Waals surface area contributed by atoms with Crippen LogP contribution < -0.4 is 0 Å². The first-order valence-electron chi connectivity index (χ1n) is 6.21. The largest absolute Gasteiger partial charge is 0.478 e. The number of aliphatic carboxylic acids is 1. The summed E-state index contributed by atoms with van der Waals surface area (Å²) in [6, 6.07) is 1.11. The third-order valence-corrected chi connectivity index (χ3v) is 2.87. The SMILES string of the molecule is O=C(O)C=Cn1cnc(-c2cc(C(F)(F)F)cc(C(F)(F)F)c2)c1. The topological polar surface area (TPSA) is 55.1 Å². The summed E-state index contributed by atoms with van der Waals surface area (Å²) in [5, 5.41) is 8.48. The number of hydrogen-bond acceptors (Lipinski definition) is 2. The lowest BCUT2D eigenvalue weighted by atomic mass is 10.0. The highest BCUT2D eigenvalue weighted by Crippen LogP contribution is 2.38. The molecule has 0 fully saturated rings. The van der Waals surface area contributed by atoms with Gasteiger partial charge in [-0.05, 0) is 18.2 Å². The number of carboxylic acids is 1. The van der Waals surface area contributed by atoms with Gasteiger partial charge in [0.15, 0.2) is 0 Å². The van der Waals surface area contributed by atoms with E-state index in [2.05, 4.69) is 4.98 Å². The van der Waals surface area contributed by atoms with Gasteiger partial charge in [-0.2, -0.15) is 26.3 Å². The molecule has 1 N–H and O–H groups in total. The van der Waals surface area contributed by atoms with Crippen molar-refractivity contribution in [1.82, 2.24) is 9.55 Å². The van der Waals surface area contributed by atoms with Gasteiger partial charge in [-0.1, -0.05) is 0 Å². The smallest absolute Gasteiger partial charge is 0.416 e. The lowest BCUT2D eigenvalue weighted by molar-refractivity contribution is -0.143. The Balaban J connectivity index is 2.52. The van der Waals surface area contributed by atoms with E-state index in [0.717, 1.165) is 29.4 Å². The van der Waals surface area contributed by atoms with Gasteiger partial charge in [-0.3, -0.25) is 0 Å². The number of rotatable bonds is 3. The Labute approximate surface area is 130 Å². The van der Waals surface area contributed by atoms with Gasteiger partial charge in [0.25, 0.3) is 0 Å². The third kappa shape index (κ3) is 4.15. The maximum absolute atomic E-state index is 12.8. The maximum Gasteiger partial charge on any atom is 0.416 e. The van der Waals surface area contributed by atoms with Crippen molar-refractivity contribution in [3.63, 3.8) is 0 Å². The van der Waals surface area contributed by atoms with Crippen LogP contribution in [0.25, 0.3) is 17.5 Å². The second-order valence-corrected chi connectivity index (χ2v) is 4.65. The van der Waals surface area contributed by atoms with Crippen LogP contribution in [0.2, 0.25) is 0 Å². The van der Waals surface area contributed by atoms with Crippen LogP contribution in [0.4, 0.5) is 26.3 Å². The number of imidazole rings is 1. The second-order valence-electron chi connectivity index (χ2n) is 4.65. The number of nitrogens with zero attached hydrogens (tertiary/aromatic N) is 2. The molecule has 0 spiro atoms. The maximum atomic E-state index is 12.8. The molecule has 1 aromatic heterocycles. The fourth-order valence-electron chi connectivity index (χ4n) is 1.82. The van der Waals surface area contributed by atoms with E-state index in [4.69, 9.17) is 5.11 Å². The molecule has 0 radical (unpaired) electrons. The van der Waals surface area contributed by atoms with Crippen LogP contribution in [0, 0.1) is 0 Å². The minimum absolute atomic E-state index is 0.0187. The average Bonchev–Trinajstić information content (AvgIpc) is 2.91. The van der Waals surface area contributed by atoms with Crippen LogP contribution >= 0.6 is 0 Å². The predicted octanol–water partition coefficient (Wildman–Crippen LogP) is 4.14. The van der Waals surface area contributed by atoms with Gasteiger partial charge in [0.05, 0.1) is 23.1 Å². The van der Waals surface area contributed by atoms with Gasteiger partial charge in [0, 0.05) is 24.0 Å². The first kappa shape index (κ1) is 17.6. The number of benzene rings is 1. The predicted molar refractivity (Wildman–Crippen MR) is 70.6 cm³/mol. The van der Waals surface area contributed by atoms with Crippen molar-refractivity contribution in [1.29, 1.82) is 0 Å². The fraction of sp³-hybridized carbons (Fsp3) is 0.143. The van der Waals surface area contributed by atoms with E-state index in [1.807, 2.05) is 0 Å². The van der Waals surface area contributed by atoms with E-state index in [0.29, 0.717) is 12.1 Å². The first-order valence-corrected chi connectivity index (χ1v) is 6.21. The molecule has 0 aliphatic carbocycles. The molecule has 0 bridgehead atoms. The molecule has 0 aliphatic rings. The summed E-state index contributed by atoms with van der Waals surface area (Å²) in [5.41, 5.74) is -3.47. The number of carboxylic acid groups (broad SMARTS) is 1. The summed E-state index contributed by atoms with van der Waals surface area (Å²) in [7, 11) is 0. The molecular weight excluding hydrogens is 342 g/mol. The Morgan fingerprint density at radius 2 is 1.58 bits per heavy atom. The second kappa shape index (κ2) is 6.02. The molecule has 0 saturated carbocycles. The van der Waals surface area contributed by atoms with E-state index in [9.17, 15) is 31.1 Å². The zero-order chi connectivity index (χ0) is 18.1. The van der Waals surface area contributed by atoms with Crippen molar-refractivity contribution in [2.75, 3.05) is 0 Å². The summed E-state index contributed by atoms with van der Waals surface area (Å²) in [6.07, 6.45) is -5.98. The van der Waals surface area contributed by atoms with Crippen LogP contribution in [-0.2, 0) is 17.1 Å². The van der Waals surface area contributed by atoms with Crippen LogP contribution in [0.15, 0.2) is 36.8 Å². The van der Waals surface area contributed by atoms with Crippen molar-refractivity contribution in [2.24, 2.45) is 0 Å². The highest BCUT2D eigenvalue weighted by Gasteiger charge is 2.37. The Morgan fingerprint density at radius 3 is 2.04 bits per heavy atom. The van der Waals surface area contributed by atoms with Crippen molar-refractivity contribution in [3.05, 3.63) is 47.9 Å². The van der Waals surface area contributed by atoms with Gasteiger partial charge in [-0.25, -0.2) is 9.78 Å². The Hall–Kier alpha value is -2.78. The molecule has 0 aliphatic heterocycles. The Morgan fingerprint density at radius 1 is 1.04 bits per heavy atom. The molecule has 0 amide bonds. The zero-order valence-electron chi connectivity index (χ0n) is 11.6.